The number of hydrazine groups is 1. The van der Waals surface area contributed by atoms with E-state index < -0.39 is 42.2 Å². The van der Waals surface area contributed by atoms with Gasteiger partial charge in [-0.1, -0.05) is 6.92 Å². The van der Waals surface area contributed by atoms with Gasteiger partial charge in [-0.2, -0.15) is 13.2 Å². The SMILES string of the molecule is CCc1cc(OC(F)(F)F)cc2c1O[C@H](C(F)(F)F)C(C(=O)OC(C)O/N=[N+](\[O-])N(C)CCO)=C2. The molecule has 1 unspecified atom stereocenters. The second-order valence-corrected chi connectivity index (χ2v) is 7.06. The minimum atomic E-state index is -5.10. The predicted octanol–water partition coefficient (Wildman–Crippen LogP) is 3.48. The molecule has 1 aromatic carbocycles. The van der Waals surface area contributed by atoms with E-state index in [1.165, 1.54) is 14.0 Å². The first-order chi connectivity index (χ1) is 16.2. The van der Waals surface area contributed by atoms with Crippen molar-refractivity contribution in [3.8, 4) is 11.5 Å². The Morgan fingerprint density at radius 1 is 1.31 bits per heavy atom. The normalized spacial score (nSPS) is 17.0. The first-order valence-corrected chi connectivity index (χ1v) is 9.90. The fourth-order valence-electron chi connectivity index (χ4n) is 2.86. The van der Waals surface area contributed by atoms with Crippen LogP contribution in [-0.4, -0.2) is 66.2 Å². The van der Waals surface area contributed by atoms with Gasteiger partial charge in [-0.15, -0.1) is 18.2 Å². The summed E-state index contributed by atoms with van der Waals surface area (Å²) in [6, 6.07) is 1.65. The van der Waals surface area contributed by atoms with Gasteiger partial charge in [0, 0.05) is 12.5 Å². The maximum Gasteiger partial charge on any atom is 0.573 e. The Labute approximate surface area is 194 Å². The van der Waals surface area contributed by atoms with E-state index >= 15 is 0 Å². The molecule has 1 N–H and O–H groups in total. The third-order valence-electron chi connectivity index (χ3n) is 4.40. The molecule has 0 bridgehead atoms. The van der Waals surface area contributed by atoms with Crippen molar-refractivity contribution < 1.29 is 60.3 Å². The number of likely N-dealkylation sites (N-methyl/N-ethyl adjacent to an activating group) is 1. The average molecular weight is 517 g/mol. The molecule has 1 heterocycles. The van der Waals surface area contributed by atoms with Gasteiger partial charge in [-0.05, 0) is 30.2 Å². The number of esters is 1. The standard InChI is InChI=1S/C19H21F6N3O7/c1-4-11-7-13(34-19(23,24)25)8-12-9-14(16(18(20,21)22)33-15(11)12)17(30)32-10(2)35-26-28(31)27(3)5-6-29/h7-10,16,29H,4-6H2,1-3H3/b28-26-/t10?,16-/m0/s1. The second-order valence-electron chi connectivity index (χ2n) is 7.06. The number of halogens is 6. The number of ether oxygens (including phenoxy) is 3. The van der Waals surface area contributed by atoms with Crippen LogP contribution in [0.25, 0.3) is 6.08 Å². The lowest BCUT2D eigenvalue weighted by Gasteiger charge is -2.29. The van der Waals surface area contributed by atoms with E-state index in [2.05, 4.69) is 14.9 Å². The van der Waals surface area contributed by atoms with Crippen molar-refractivity contribution >= 4 is 12.0 Å². The number of carbonyl (C=O) groups is 1. The van der Waals surface area contributed by atoms with Crippen molar-refractivity contribution in [3.05, 3.63) is 34.0 Å². The van der Waals surface area contributed by atoms with Crippen LogP contribution in [0.1, 0.15) is 25.0 Å². The van der Waals surface area contributed by atoms with E-state index in [0.29, 0.717) is 6.08 Å². The molecule has 35 heavy (non-hydrogen) atoms. The first kappa shape index (κ1) is 27.8. The first-order valence-electron chi connectivity index (χ1n) is 9.90. The summed E-state index contributed by atoms with van der Waals surface area (Å²) in [4.78, 5) is 17.0. The summed E-state index contributed by atoms with van der Waals surface area (Å²) in [5.41, 5.74) is -1.37. The minimum Gasteiger partial charge on any atom is -0.569 e. The quantitative estimate of drug-likeness (QED) is 0.132. The maximum atomic E-state index is 13.7. The van der Waals surface area contributed by atoms with Crippen LogP contribution >= 0.6 is 0 Å². The van der Waals surface area contributed by atoms with Crippen LogP contribution in [-0.2, 0) is 20.8 Å². The van der Waals surface area contributed by atoms with Crippen LogP contribution < -0.4 is 9.47 Å². The molecule has 0 saturated heterocycles. The minimum absolute atomic E-state index is 0.00160. The lowest BCUT2D eigenvalue weighted by molar-refractivity contribution is -0.707. The molecule has 0 radical (unpaired) electrons. The molecule has 0 fully saturated rings. The number of alkyl halides is 6. The predicted molar refractivity (Wildman–Crippen MR) is 103 cm³/mol. The van der Waals surface area contributed by atoms with E-state index in [0.717, 1.165) is 24.1 Å². The summed E-state index contributed by atoms with van der Waals surface area (Å²) in [6.07, 6.45) is -13.9. The third kappa shape index (κ3) is 7.53. The molecule has 2 atom stereocenters. The van der Waals surface area contributed by atoms with Crippen molar-refractivity contribution in [2.24, 2.45) is 5.28 Å². The lowest BCUT2D eigenvalue weighted by atomic mass is 9.97. The maximum absolute atomic E-state index is 13.7. The van der Waals surface area contributed by atoms with Gasteiger partial charge in [0.2, 0.25) is 11.4 Å². The summed E-state index contributed by atoms with van der Waals surface area (Å²) < 4.78 is 92.5. The zero-order valence-corrected chi connectivity index (χ0v) is 18.5. The van der Waals surface area contributed by atoms with Gasteiger partial charge in [0.05, 0.1) is 30.7 Å². The zero-order chi connectivity index (χ0) is 26.6. The Hall–Kier alpha value is -3.43. The summed E-state index contributed by atoms with van der Waals surface area (Å²) in [5, 5.41) is 24.2. The molecule has 10 nitrogen and oxygen atoms in total. The van der Waals surface area contributed by atoms with Gasteiger partial charge in [-0.25, -0.2) is 4.79 Å². The molecule has 0 spiro atoms. The Morgan fingerprint density at radius 2 is 1.97 bits per heavy atom. The third-order valence-corrected chi connectivity index (χ3v) is 4.40. The van der Waals surface area contributed by atoms with Crippen LogP contribution in [0.15, 0.2) is 23.0 Å². The van der Waals surface area contributed by atoms with E-state index in [-0.39, 0.29) is 41.4 Å². The molecule has 196 valence electrons. The van der Waals surface area contributed by atoms with Crippen LogP contribution in [0.5, 0.6) is 11.5 Å². The van der Waals surface area contributed by atoms with Crippen molar-refractivity contribution in [2.45, 2.75) is 45.2 Å². The number of hydrogen-bond donors (Lipinski definition) is 1. The molecular weight excluding hydrogens is 496 g/mol. The molecule has 0 aromatic heterocycles. The molecular formula is C19H21F6N3O7. The molecule has 0 aliphatic carbocycles. The topological polar surface area (TPSA) is 116 Å². The summed E-state index contributed by atoms with van der Waals surface area (Å²) in [6.45, 7) is 2.01. The Morgan fingerprint density at radius 3 is 2.51 bits per heavy atom. The monoisotopic (exact) mass is 517 g/mol. The van der Waals surface area contributed by atoms with Crippen molar-refractivity contribution in [2.75, 3.05) is 20.2 Å². The highest BCUT2D eigenvalue weighted by atomic mass is 19.4. The molecule has 1 aliphatic heterocycles. The Kier molecular flexibility index (Phi) is 8.64. The number of fused-ring (bicyclic) bond motifs is 1. The Balaban J connectivity index is 2.36. The number of aliphatic hydroxyl groups is 1. The van der Waals surface area contributed by atoms with Crippen molar-refractivity contribution in [1.29, 1.82) is 0 Å². The second kappa shape index (κ2) is 10.9. The van der Waals surface area contributed by atoms with Crippen LogP contribution in [0.4, 0.5) is 26.3 Å². The number of nitrogens with zero attached hydrogens (tertiary/aromatic N) is 3. The lowest BCUT2D eigenvalue weighted by Crippen LogP contribution is -2.41. The molecule has 2 rings (SSSR count). The van der Waals surface area contributed by atoms with E-state index in [1.807, 2.05) is 0 Å². The molecule has 16 heteroatoms. The van der Waals surface area contributed by atoms with E-state index in [9.17, 15) is 36.3 Å². The number of hydrogen-bond acceptors (Lipinski definition) is 8. The number of aryl methyl sites for hydroxylation is 1. The van der Waals surface area contributed by atoms with Gasteiger partial charge < -0.3 is 24.5 Å². The fraction of sp³-hybridized carbons (Fsp3) is 0.526. The van der Waals surface area contributed by atoms with Crippen molar-refractivity contribution in [1.82, 2.24) is 5.01 Å². The average Bonchev–Trinajstić information content (AvgIpc) is 2.74. The summed E-state index contributed by atoms with van der Waals surface area (Å²) >= 11 is 0. The molecule has 0 amide bonds. The van der Waals surface area contributed by atoms with Gasteiger partial charge in [0.1, 0.15) is 11.5 Å². The van der Waals surface area contributed by atoms with E-state index in [1.54, 1.807) is 0 Å². The largest absolute Gasteiger partial charge is 0.573 e. The molecule has 1 aliphatic rings. The van der Waals surface area contributed by atoms with Gasteiger partial charge >= 0.3 is 18.5 Å². The highest BCUT2D eigenvalue weighted by Gasteiger charge is 2.49. The van der Waals surface area contributed by atoms with Gasteiger partial charge in [0.15, 0.2) is 0 Å². The fourth-order valence-corrected chi connectivity index (χ4v) is 2.86. The van der Waals surface area contributed by atoms with Crippen LogP contribution in [0, 0.1) is 5.21 Å². The number of carbonyl (C=O) groups excluding carboxylic acids is 1. The summed E-state index contributed by atoms with van der Waals surface area (Å²) in [5.74, 6) is -2.67. The van der Waals surface area contributed by atoms with Gasteiger partial charge in [0.25, 0.3) is 6.29 Å². The number of benzene rings is 1. The zero-order valence-electron chi connectivity index (χ0n) is 18.5. The summed E-state index contributed by atoms with van der Waals surface area (Å²) in [7, 11) is 1.24. The molecule has 0 saturated carbocycles. The smallest absolute Gasteiger partial charge is 0.569 e. The van der Waals surface area contributed by atoms with Crippen molar-refractivity contribution in [3.63, 3.8) is 0 Å². The molecule has 1 aromatic rings. The number of rotatable bonds is 9. The highest BCUT2D eigenvalue weighted by molar-refractivity contribution is 5.96. The Bertz CT molecular complexity index is 981. The van der Waals surface area contributed by atoms with Crippen LogP contribution in [0.2, 0.25) is 0 Å². The van der Waals surface area contributed by atoms with E-state index in [4.69, 9.17) is 14.6 Å². The van der Waals surface area contributed by atoms with Crippen LogP contribution in [0.3, 0.4) is 0 Å². The van der Waals surface area contributed by atoms with Gasteiger partial charge in [-0.3, -0.25) is 4.84 Å². The number of aliphatic hydroxyl groups excluding tert-OH is 1. The highest BCUT2D eigenvalue weighted by Crippen LogP contribution is 2.42.